The second kappa shape index (κ2) is 9.46. The van der Waals surface area contributed by atoms with Crippen molar-refractivity contribution in [1.82, 2.24) is 10.0 Å². The minimum absolute atomic E-state index is 0.0274. The van der Waals surface area contributed by atoms with Crippen LogP contribution in [0.15, 0.2) is 60.7 Å². The molecule has 0 saturated heterocycles. The van der Waals surface area contributed by atoms with Crippen molar-refractivity contribution in [1.29, 1.82) is 0 Å². The van der Waals surface area contributed by atoms with Gasteiger partial charge in [-0.25, -0.2) is 4.79 Å². The SMILES string of the molecule is O=C(O)C[C@H](NC(=O)OCc1ccccc1)C(=O)COn1c(O)cc2ccccc21. The minimum Gasteiger partial charge on any atom is -0.492 e. The standard InChI is InChI=1S/C21H20N2O7/c24-18(13-30-23-17-9-5-4-8-15(17)10-19(23)25)16(11-20(26)27)22-21(28)29-12-14-6-2-1-3-7-14/h1-10,16,25H,11-13H2,(H,22,28)(H,26,27)/t16-/m0/s1. The molecule has 0 aliphatic rings. The molecular weight excluding hydrogens is 392 g/mol. The largest absolute Gasteiger partial charge is 0.492 e. The molecule has 1 heterocycles. The number of hydrogen-bond donors (Lipinski definition) is 3. The summed E-state index contributed by atoms with van der Waals surface area (Å²) in [5.41, 5.74) is 1.28. The maximum Gasteiger partial charge on any atom is 0.408 e. The van der Waals surface area contributed by atoms with Crippen LogP contribution in [0.4, 0.5) is 4.79 Å². The van der Waals surface area contributed by atoms with E-state index < -0.39 is 36.9 Å². The van der Waals surface area contributed by atoms with Crippen LogP contribution in [0.3, 0.4) is 0 Å². The molecule has 2 aromatic carbocycles. The summed E-state index contributed by atoms with van der Waals surface area (Å²) in [5, 5.41) is 22.0. The van der Waals surface area contributed by atoms with E-state index >= 15 is 0 Å². The number of Topliss-reactive ketones (excluding diaryl/α,β-unsaturated/α-hetero) is 1. The average Bonchev–Trinajstić information content (AvgIpc) is 3.05. The minimum atomic E-state index is -1.35. The number of aliphatic carboxylic acids is 1. The molecule has 30 heavy (non-hydrogen) atoms. The van der Waals surface area contributed by atoms with Gasteiger partial charge in [0.1, 0.15) is 12.6 Å². The summed E-state index contributed by atoms with van der Waals surface area (Å²) < 4.78 is 6.10. The molecule has 9 nitrogen and oxygen atoms in total. The summed E-state index contributed by atoms with van der Waals surface area (Å²) >= 11 is 0. The third-order valence-electron chi connectivity index (χ3n) is 4.26. The van der Waals surface area contributed by atoms with Gasteiger partial charge in [0.15, 0.2) is 12.4 Å². The molecule has 1 amide bonds. The summed E-state index contributed by atoms with van der Waals surface area (Å²) in [4.78, 5) is 41.0. The number of para-hydroxylation sites is 1. The fourth-order valence-electron chi connectivity index (χ4n) is 2.81. The Balaban J connectivity index is 1.61. The average molecular weight is 412 g/mol. The molecule has 0 radical (unpaired) electrons. The summed E-state index contributed by atoms with van der Waals surface area (Å²) in [6.07, 6.45) is -1.56. The normalized spacial score (nSPS) is 11.6. The molecular formula is C21H20N2O7. The first kappa shape index (κ1) is 20.7. The van der Waals surface area contributed by atoms with Crippen molar-refractivity contribution in [2.75, 3.05) is 6.61 Å². The Morgan fingerprint density at radius 3 is 2.47 bits per heavy atom. The van der Waals surface area contributed by atoms with Gasteiger partial charge in [-0.15, -0.1) is 4.73 Å². The van der Waals surface area contributed by atoms with Crippen molar-refractivity contribution in [3.05, 3.63) is 66.2 Å². The van der Waals surface area contributed by atoms with E-state index in [1.807, 2.05) is 6.07 Å². The van der Waals surface area contributed by atoms with Gasteiger partial charge < -0.3 is 25.1 Å². The maximum atomic E-state index is 12.5. The van der Waals surface area contributed by atoms with E-state index in [1.54, 1.807) is 48.5 Å². The Hall–Kier alpha value is -4.01. The number of benzene rings is 2. The zero-order chi connectivity index (χ0) is 21.5. The lowest BCUT2D eigenvalue weighted by Crippen LogP contribution is -2.45. The first-order chi connectivity index (χ1) is 14.4. The third-order valence-corrected chi connectivity index (χ3v) is 4.26. The van der Waals surface area contributed by atoms with E-state index in [2.05, 4.69) is 5.32 Å². The smallest absolute Gasteiger partial charge is 0.408 e. The number of aromatic nitrogens is 1. The van der Waals surface area contributed by atoms with E-state index in [1.165, 1.54) is 6.07 Å². The molecule has 0 saturated carbocycles. The number of fused-ring (bicyclic) bond motifs is 1. The number of nitrogens with one attached hydrogen (secondary N) is 1. The van der Waals surface area contributed by atoms with Gasteiger partial charge >= 0.3 is 12.1 Å². The molecule has 0 spiro atoms. The van der Waals surface area contributed by atoms with Gasteiger partial charge in [-0.2, -0.15) is 0 Å². The highest BCUT2D eigenvalue weighted by molar-refractivity contribution is 5.91. The molecule has 3 N–H and O–H groups in total. The summed E-state index contributed by atoms with van der Waals surface area (Å²) in [6.45, 7) is -0.594. The van der Waals surface area contributed by atoms with Crippen LogP contribution in [0.1, 0.15) is 12.0 Å². The highest BCUT2D eigenvalue weighted by Gasteiger charge is 2.25. The second-order valence-corrected chi connectivity index (χ2v) is 6.45. The Labute approximate surface area is 171 Å². The van der Waals surface area contributed by atoms with Crippen molar-refractivity contribution in [3.8, 4) is 5.88 Å². The van der Waals surface area contributed by atoms with Crippen molar-refractivity contribution in [2.24, 2.45) is 0 Å². The number of hydrogen-bond acceptors (Lipinski definition) is 6. The predicted molar refractivity (Wildman–Crippen MR) is 106 cm³/mol. The molecule has 0 aliphatic carbocycles. The van der Waals surface area contributed by atoms with E-state index in [-0.39, 0.29) is 12.5 Å². The summed E-state index contributed by atoms with van der Waals surface area (Å²) in [6, 6.07) is 16.0. The Bertz CT molecular complexity index is 1050. The zero-order valence-corrected chi connectivity index (χ0v) is 15.9. The quantitative estimate of drug-likeness (QED) is 0.491. The molecule has 1 atom stereocenters. The van der Waals surface area contributed by atoms with E-state index in [9.17, 15) is 19.5 Å². The molecule has 9 heteroatoms. The summed E-state index contributed by atoms with van der Waals surface area (Å²) in [5.74, 6) is -2.17. The molecule has 3 aromatic rings. The van der Waals surface area contributed by atoms with Gasteiger partial charge in [0, 0.05) is 11.5 Å². The monoisotopic (exact) mass is 412 g/mol. The van der Waals surface area contributed by atoms with Crippen molar-refractivity contribution in [3.63, 3.8) is 0 Å². The number of rotatable bonds is 9. The van der Waals surface area contributed by atoms with Crippen LogP contribution in [0.25, 0.3) is 10.9 Å². The highest BCUT2D eigenvalue weighted by Crippen LogP contribution is 2.22. The first-order valence-corrected chi connectivity index (χ1v) is 9.08. The van der Waals surface area contributed by atoms with E-state index in [0.29, 0.717) is 10.9 Å². The Kier molecular flexibility index (Phi) is 6.53. The lowest BCUT2D eigenvalue weighted by Gasteiger charge is -2.17. The van der Waals surface area contributed by atoms with Gasteiger partial charge in [-0.1, -0.05) is 48.5 Å². The lowest BCUT2D eigenvalue weighted by atomic mass is 10.1. The number of carboxylic acids is 1. The number of ketones is 1. The fraction of sp³-hybridized carbons (Fsp3) is 0.190. The van der Waals surface area contributed by atoms with Crippen LogP contribution in [0.2, 0.25) is 0 Å². The van der Waals surface area contributed by atoms with E-state index in [4.69, 9.17) is 14.7 Å². The molecule has 0 aliphatic heterocycles. The van der Waals surface area contributed by atoms with Gasteiger partial charge in [0.05, 0.1) is 11.9 Å². The number of nitrogens with zero attached hydrogens (tertiary/aromatic N) is 1. The number of carbonyl (C=O) groups is 3. The van der Waals surface area contributed by atoms with Crippen LogP contribution >= 0.6 is 0 Å². The van der Waals surface area contributed by atoms with Gasteiger partial charge in [-0.05, 0) is 11.6 Å². The van der Waals surface area contributed by atoms with Gasteiger partial charge in [0.25, 0.3) is 0 Å². The molecule has 156 valence electrons. The van der Waals surface area contributed by atoms with Gasteiger partial charge in [0.2, 0.25) is 5.88 Å². The molecule has 0 fully saturated rings. The number of alkyl carbamates (subject to hydrolysis) is 1. The summed E-state index contributed by atoms with van der Waals surface area (Å²) in [7, 11) is 0. The van der Waals surface area contributed by atoms with E-state index in [0.717, 1.165) is 10.3 Å². The van der Waals surface area contributed by atoms with Crippen LogP contribution in [0, 0.1) is 0 Å². The maximum absolute atomic E-state index is 12.5. The topological polar surface area (TPSA) is 127 Å². The van der Waals surface area contributed by atoms with Gasteiger partial charge in [-0.3, -0.25) is 9.59 Å². The first-order valence-electron chi connectivity index (χ1n) is 9.08. The van der Waals surface area contributed by atoms with Crippen LogP contribution in [0.5, 0.6) is 5.88 Å². The van der Waals surface area contributed by atoms with Crippen molar-refractivity contribution >= 4 is 28.7 Å². The lowest BCUT2D eigenvalue weighted by molar-refractivity contribution is -0.140. The van der Waals surface area contributed by atoms with Crippen LogP contribution in [-0.2, 0) is 20.9 Å². The molecule has 1 aromatic heterocycles. The van der Waals surface area contributed by atoms with Crippen LogP contribution in [-0.4, -0.2) is 45.4 Å². The third kappa shape index (κ3) is 5.28. The predicted octanol–water partition coefficient (Wildman–Crippen LogP) is 2.11. The number of aromatic hydroxyl groups is 1. The zero-order valence-electron chi connectivity index (χ0n) is 15.9. The van der Waals surface area contributed by atoms with Crippen molar-refractivity contribution < 1.29 is 34.2 Å². The second-order valence-electron chi connectivity index (χ2n) is 6.45. The Morgan fingerprint density at radius 1 is 1.03 bits per heavy atom. The number of carboxylic acid groups (broad SMARTS) is 1. The number of amides is 1. The molecule has 3 rings (SSSR count). The highest BCUT2D eigenvalue weighted by atomic mass is 16.7. The van der Waals surface area contributed by atoms with Crippen molar-refractivity contribution in [2.45, 2.75) is 19.1 Å². The number of carbonyl (C=O) groups excluding carboxylic acids is 2. The Morgan fingerprint density at radius 2 is 1.73 bits per heavy atom. The molecule has 0 bridgehead atoms. The van der Waals surface area contributed by atoms with Crippen LogP contribution < -0.4 is 10.2 Å². The molecule has 0 unspecified atom stereocenters. The number of ether oxygens (including phenoxy) is 1. The fourth-order valence-corrected chi connectivity index (χ4v) is 2.81.